The van der Waals surface area contributed by atoms with E-state index in [-0.39, 0.29) is 23.7 Å². The smallest absolute Gasteiger partial charge is 0.246 e. The maximum absolute atomic E-state index is 13.1. The molecule has 3 atom stereocenters. The zero-order valence-electron chi connectivity index (χ0n) is 15.7. The summed E-state index contributed by atoms with van der Waals surface area (Å²) >= 11 is 6.28. The van der Waals surface area contributed by atoms with Crippen molar-refractivity contribution >= 4 is 29.1 Å². The van der Waals surface area contributed by atoms with Crippen LogP contribution in [0.15, 0.2) is 54.6 Å². The van der Waals surface area contributed by atoms with Gasteiger partial charge >= 0.3 is 0 Å². The summed E-state index contributed by atoms with van der Waals surface area (Å²) in [6, 6.07) is 16.5. The summed E-state index contributed by atoms with van der Waals surface area (Å²) in [5, 5.41) is 3.60. The van der Waals surface area contributed by atoms with Gasteiger partial charge in [-0.2, -0.15) is 0 Å². The number of rotatable bonds is 7. The summed E-state index contributed by atoms with van der Waals surface area (Å²) in [5.74, 6) is -0.0752. The molecule has 0 aromatic heterocycles. The number of amides is 2. The molecule has 2 aromatic rings. The predicted molar refractivity (Wildman–Crippen MR) is 109 cm³/mol. The van der Waals surface area contributed by atoms with Gasteiger partial charge in [0.05, 0.1) is 0 Å². The van der Waals surface area contributed by atoms with Crippen LogP contribution in [0.3, 0.4) is 0 Å². The molecule has 2 amide bonds. The number of halogens is 1. The van der Waals surface area contributed by atoms with Crippen LogP contribution >= 0.6 is 11.6 Å². The molecule has 1 aliphatic carbocycles. The van der Waals surface area contributed by atoms with Crippen LogP contribution < -0.4 is 5.32 Å². The summed E-state index contributed by atoms with van der Waals surface area (Å²) in [5.41, 5.74) is 1.76. The van der Waals surface area contributed by atoms with Crippen molar-refractivity contribution in [1.82, 2.24) is 4.90 Å². The Morgan fingerprint density at radius 1 is 1.15 bits per heavy atom. The third-order valence-electron chi connectivity index (χ3n) is 5.05. The van der Waals surface area contributed by atoms with E-state index in [1.165, 1.54) is 0 Å². The molecule has 1 aliphatic rings. The highest BCUT2D eigenvalue weighted by Gasteiger charge is 2.47. The highest BCUT2D eigenvalue weighted by atomic mass is 35.5. The van der Waals surface area contributed by atoms with E-state index in [1.54, 1.807) is 11.8 Å². The average molecular weight is 385 g/mol. The first-order valence-electron chi connectivity index (χ1n) is 9.43. The molecule has 1 N–H and O–H groups in total. The fourth-order valence-corrected chi connectivity index (χ4v) is 3.72. The van der Waals surface area contributed by atoms with E-state index < -0.39 is 6.04 Å². The minimum absolute atomic E-state index is 0.0393. The Bertz CT molecular complexity index is 809. The van der Waals surface area contributed by atoms with E-state index in [2.05, 4.69) is 5.32 Å². The van der Waals surface area contributed by atoms with Gasteiger partial charge in [0.2, 0.25) is 11.8 Å². The molecule has 1 saturated carbocycles. The number of carbonyl (C=O) groups excluding carboxylic acids is 2. The number of benzene rings is 2. The lowest BCUT2D eigenvalue weighted by Gasteiger charge is -2.28. The van der Waals surface area contributed by atoms with E-state index in [9.17, 15) is 9.59 Å². The highest BCUT2D eigenvalue weighted by Crippen LogP contribution is 2.50. The van der Waals surface area contributed by atoms with Crippen molar-refractivity contribution in [2.75, 3.05) is 11.9 Å². The predicted octanol–water partition coefficient (Wildman–Crippen LogP) is 4.71. The van der Waals surface area contributed by atoms with Crippen LogP contribution in [0.2, 0.25) is 5.02 Å². The number of nitrogens with one attached hydrogen (secondary N) is 1. The van der Waals surface area contributed by atoms with Crippen LogP contribution in [0.5, 0.6) is 0 Å². The van der Waals surface area contributed by atoms with Crippen molar-refractivity contribution in [1.29, 1.82) is 0 Å². The van der Waals surface area contributed by atoms with E-state index in [1.807, 2.05) is 61.5 Å². The Labute approximate surface area is 165 Å². The van der Waals surface area contributed by atoms with Crippen molar-refractivity contribution < 1.29 is 9.59 Å². The molecule has 2 aromatic carbocycles. The molecule has 3 unspecified atom stereocenters. The third-order valence-corrected chi connectivity index (χ3v) is 5.39. The van der Waals surface area contributed by atoms with Gasteiger partial charge in [0.25, 0.3) is 0 Å². The molecular weight excluding hydrogens is 360 g/mol. The van der Waals surface area contributed by atoms with Gasteiger partial charge in [0, 0.05) is 23.2 Å². The van der Waals surface area contributed by atoms with Crippen LogP contribution in [-0.4, -0.2) is 29.3 Å². The van der Waals surface area contributed by atoms with Crippen molar-refractivity contribution in [2.45, 2.75) is 38.6 Å². The summed E-state index contributed by atoms with van der Waals surface area (Å²) in [6.07, 6.45) is 1.59. The molecule has 142 valence electrons. The molecule has 3 rings (SSSR count). The molecule has 0 bridgehead atoms. The average Bonchev–Trinajstić information content (AvgIpc) is 3.47. The quantitative estimate of drug-likeness (QED) is 0.751. The normalized spacial score (nSPS) is 19.2. The van der Waals surface area contributed by atoms with Crippen LogP contribution in [0.4, 0.5) is 5.69 Å². The second-order valence-electron chi connectivity index (χ2n) is 7.03. The van der Waals surface area contributed by atoms with Crippen molar-refractivity contribution in [3.63, 3.8) is 0 Å². The monoisotopic (exact) mass is 384 g/mol. The summed E-state index contributed by atoms with van der Waals surface area (Å²) < 4.78 is 0. The van der Waals surface area contributed by atoms with Gasteiger partial charge < -0.3 is 10.2 Å². The number of hydrogen-bond acceptors (Lipinski definition) is 2. The number of anilines is 1. The highest BCUT2D eigenvalue weighted by molar-refractivity contribution is 6.31. The maximum atomic E-state index is 13.1. The Morgan fingerprint density at radius 2 is 1.81 bits per heavy atom. The fourth-order valence-electron chi connectivity index (χ4n) is 3.45. The lowest BCUT2D eigenvalue weighted by atomic mass is 10.1. The Kier molecular flexibility index (Phi) is 6.17. The number of hydrogen-bond donors (Lipinski definition) is 1. The standard InChI is InChI=1S/C22H25ClN2O2/c1-3-13-25(15(2)21(26)24-16-9-5-4-6-10-16)22(27)19-14-18(19)17-11-7-8-12-20(17)23/h4-12,15,18-19H,3,13-14H2,1-2H3,(H,24,26). The van der Waals surface area contributed by atoms with Gasteiger partial charge in [-0.15, -0.1) is 0 Å². The largest absolute Gasteiger partial charge is 0.331 e. The van der Waals surface area contributed by atoms with Crippen molar-refractivity contribution in [3.05, 3.63) is 65.2 Å². The maximum Gasteiger partial charge on any atom is 0.246 e. The van der Waals surface area contributed by atoms with E-state index in [0.717, 1.165) is 24.1 Å². The Balaban J connectivity index is 1.68. The first-order valence-corrected chi connectivity index (χ1v) is 9.81. The zero-order chi connectivity index (χ0) is 19.4. The Morgan fingerprint density at radius 3 is 2.48 bits per heavy atom. The molecule has 0 saturated heterocycles. The van der Waals surface area contributed by atoms with Crippen LogP contribution in [0.25, 0.3) is 0 Å². The van der Waals surface area contributed by atoms with Crippen LogP contribution in [0.1, 0.15) is 38.2 Å². The van der Waals surface area contributed by atoms with Gasteiger partial charge in [-0.3, -0.25) is 9.59 Å². The van der Waals surface area contributed by atoms with Gasteiger partial charge in [-0.1, -0.05) is 54.9 Å². The molecule has 1 fully saturated rings. The van der Waals surface area contributed by atoms with Crippen LogP contribution in [0, 0.1) is 5.92 Å². The topological polar surface area (TPSA) is 49.4 Å². The second kappa shape index (κ2) is 8.57. The van der Waals surface area contributed by atoms with Gasteiger partial charge in [0.1, 0.15) is 6.04 Å². The van der Waals surface area contributed by atoms with E-state index in [4.69, 9.17) is 11.6 Å². The molecule has 0 heterocycles. The number of para-hydroxylation sites is 1. The lowest BCUT2D eigenvalue weighted by molar-refractivity contribution is -0.139. The first kappa shape index (κ1) is 19.4. The van der Waals surface area contributed by atoms with E-state index in [0.29, 0.717) is 11.6 Å². The molecule has 4 nitrogen and oxygen atoms in total. The second-order valence-corrected chi connectivity index (χ2v) is 7.44. The SMILES string of the molecule is CCCN(C(=O)C1CC1c1ccccc1Cl)C(C)C(=O)Nc1ccccc1. The molecule has 0 aliphatic heterocycles. The summed E-state index contributed by atoms with van der Waals surface area (Å²) in [7, 11) is 0. The summed E-state index contributed by atoms with van der Waals surface area (Å²) in [6.45, 7) is 4.37. The van der Waals surface area contributed by atoms with Gasteiger partial charge in [-0.05, 0) is 49.4 Å². The zero-order valence-corrected chi connectivity index (χ0v) is 16.4. The van der Waals surface area contributed by atoms with Crippen molar-refractivity contribution in [3.8, 4) is 0 Å². The van der Waals surface area contributed by atoms with E-state index >= 15 is 0 Å². The number of nitrogens with zero attached hydrogens (tertiary/aromatic N) is 1. The fraction of sp³-hybridized carbons (Fsp3) is 0.364. The van der Waals surface area contributed by atoms with Crippen molar-refractivity contribution in [2.24, 2.45) is 5.92 Å². The third kappa shape index (κ3) is 4.51. The molecule has 5 heteroatoms. The molecule has 27 heavy (non-hydrogen) atoms. The molecule has 0 spiro atoms. The Hall–Kier alpha value is -2.33. The summed E-state index contributed by atoms with van der Waals surface area (Å²) in [4.78, 5) is 27.5. The van der Waals surface area contributed by atoms with Gasteiger partial charge in [-0.25, -0.2) is 0 Å². The first-order chi connectivity index (χ1) is 13.0. The molecule has 0 radical (unpaired) electrons. The van der Waals surface area contributed by atoms with Gasteiger partial charge in [0.15, 0.2) is 0 Å². The number of carbonyl (C=O) groups is 2. The molecular formula is C22H25ClN2O2. The minimum atomic E-state index is -0.523. The minimum Gasteiger partial charge on any atom is -0.331 e. The lowest BCUT2D eigenvalue weighted by Crippen LogP contribution is -2.46. The van der Waals surface area contributed by atoms with Crippen LogP contribution in [-0.2, 0) is 9.59 Å².